The van der Waals surface area contributed by atoms with Gasteiger partial charge in [-0.15, -0.1) is 0 Å². The van der Waals surface area contributed by atoms with E-state index in [1.165, 1.54) is 0 Å². The monoisotopic (exact) mass is 203 g/mol. The minimum Gasteiger partial charge on any atom is -0.351 e. The number of urea groups is 1. The van der Waals surface area contributed by atoms with Crippen molar-refractivity contribution in [2.75, 3.05) is 0 Å². The van der Waals surface area contributed by atoms with Crippen LogP contribution in [-0.2, 0) is 18.1 Å². The number of carbonyl (C=O) groups is 1. The molecule has 0 atom stereocenters. The number of primary amides is 1. The maximum Gasteiger partial charge on any atom is 0.356 e. The fourth-order valence-corrected chi connectivity index (χ4v) is 1.14. The van der Waals surface area contributed by atoms with Gasteiger partial charge in [-0.05, 0) is 0 Å². The third-order valence-electron chi connectivity index (χ3n) is 0.531. The van der Waals surface area contributed by atoms with Crippen LogP contribution in [0, 0.1) is 0 Å². The highest BCUT2D eigenvalue weighted by Crippen LogP contribution is 1.89. The highest BCUT2D eigenvalue weighted by Gasteiger charge is 2.26. The molecule has 0 unspecified atom stereocenters. The predicted molar refractivity (Wildman–Crippen MR) is 34.7 cm³/mol. The van der Waals surface area contributed by atoms with Crippen molar-refractivity contribution in [3.05, 3.63) is 0 Å². The van der Waals surface area contributed by atoms with Crippen molar-refractivity contribution in [3.8, 4) is 0 Å². The normalized spacial score (nSPS) is 12.5. The van der Waals surface area contributed by atoms with Crippen molar-refractivity contribution < 1.29 is 21.6 Å². The summed E-state index contributed by atoms with van der Waals surface area (Å²) in [5, 5.41) is 4.18. The summed E-state index contributed by atoms with van der Waals surface area (Å²) in [5.41, 5.74) is 4.33. The van der Waals surface area contributed by atoms with Crippen molar-refractivity contribution in [2.45, 2.75) is 0 Å². The van der Waals surface area contributed by atoms with Crippen molar-refractivity contribution in [1.29, 1.82) is 0 Å². The van der Waals surface area contributed by atoms with E-state index in [9.17, 15) is 21.6 Å². The molecule has 0 aliphatic heterocycles. The number of rotatable bonds is 2. The Morgan fingerprint density at radius 1 is 1.18 bits per heavy atom. The molecule has 0 aromatic rings. The predicted octanol–water partition coefficient (Wildman–Crippen LogP) is -2.81. The van der Waals surface area contributed by atoms with E-state index in [2.05, 4.69) is 10.9 Å². The summed E-state index contributed by atoms with van der Waals surface area (Å²) < 4.78 is 41.8. The van der Waals surface area contributed by atoms with Crippen molar-refractivity contribution in [2.24, 2.45) is 10.9 Å². The average Bonchev–Trinajstić information content (AvgIpc) is 1.56. The van der Waals surface area contributed by atoms with Gasteiger partial charge < -0.3 is 5.73 Å². The smallest absolute Gasteiger partial charge is 0.351 e. The van der Waals surface area contributed by atoms with Crippen LogP contribution in [0.25, 0.3) is 0 Å². The van der Waals surface area contributed by atoms with E-state index in [4.69, 9.17) is 0 Å². The Morgan fingerprint density at radius 3 is 1.64 bits per heavy atom. The maximum atomic E-state index is 10.3. The lowest BCUT2D eigenvalue weighted by molar-refractivity contribution is 0.253. The van der Waals surface area contributed by atoms with Crippen LogP contribution in [0.1, 0.15) is 0 Å². The Balaban J connectivity index is 4.96. The van der Waals surface area contributed by atoms with E-state index in [1.54, 1.807) is 0 Å². The van der Waals surface area contributed by atoms with Gasteiger partial charge in [0, 0.05) is 0 Å². The number of carbonyl (C=O) groups excluding carboxylic acids is 1. The van der Waals surface area contributed by atoms with Crippen LogP contribution in [-0.4, -0.2) is 22.9 Å². The van der Waals surface area contributed by atoms with Gasteiger partial charge >= 0.3 is 24.1 Å². The maximum absolute atomic E-state index is 10.3. The van der Waals surface area contributed by atoms with Gasteiger partial charge in [0.25, 0.3) is 0 Å². The molecule has 66 valence electrons. The Hall–Kier alpha value is -0.870. The summed E-state index contributed by atoms with van der Waals surface area (Å²) in [6, 6.07) is -1.51. The Morgan fingerprint density at radius 2 is 1.55 bits per heavy atom. The number of nitrogens with two attached hydrogens (primary N) is 2. The first-order chi connectivity index (χ1) is 4.67. The molecular formula is CH5N3O5S2. The van der Waals surface area contributed by atoms with Crippen LogP contribution in [0.4, 0.5) is 4.79 Å². The Kier molecular flexibility index (Phi) is 2.43. The molecule has 0 rings (SSSR count). The lowest BCUT2D eigenvalue weighted by Crippen LogP contribution is -2.41. The van der Waals surface area contributed by atoms with E-state index in [1.807, 2.05) is 0 Å². The summed E-state index contributed by atoms with van der Waals surface area (Å²) in [7, 11) is -9.71. The minimum atomic E-state index is -4.87. The molecule has 8 nitrogen and oxygen atoms in total. The molecule has 0 aliphatic carbocycles. The average molecular weight is 203 g/mol. The molecule has 0 spiro atoms. The minimum absolute atomic E-state index is 0.957. The van der Waals surface area contributed by atoms with Gasteiger partial charge in [-0.1, -0.05) is 0 Å². The summed E-state index contributed by atoms with van der Waals surface area (Å²) in [5.74, 6) is 0. The topological polar surface area (TPSA) is 149 Å². The third-order valence-corrected chi connectivity index (χ3v) is 3.68. The number of hydrogen-bond donors (Lipinski definition) is 3. The summed E-state index contributed by atoms with van der Waals surface area (Å²) in [4.78, 5) is 9.87. The van der Waals surface area contributed by atoms with Crippen LogP contribution in [0.15, 0.2) is 0 Å². The zero-order valence-electron chi connectivity index (χ0n) is 5.01. The zero-order chi connectivity index (χ0) is 9.28. The largest absolute Gasteiger partial charge is 0.356 e. The lowest BCUT2D eigenvalue weighted by Gasteiger charge is -1.98. The molecule has 0 saturated heterocycles. The van der Waals surface area contributed by atoms with Gasteiger partial charge in [-0.2, -0.15) is 16.8 Å². The van der Waals surface area contributed by atoms with Crippen LogP contribution in [0.2, 0.25) is 0 Å². The molecule has 0 aromatic heterocycles. The van der Waals surface area contributed by atoms with E-state index < -0.39 is 24.1 Å². The van der Waals surface area contributed by atoms with Crippen LogP contribution in [0.5, 0.6) is 0 Å². The Labute approximate surface area is 62.1 Å². The molecule has 5 N–H and O–H groups in total. The first kappa shape index (κ1) is 10.1. The number of amides is 2. The van der Waals surface area contributed by atoms with Crippen LogP contribution in [0.3, 0.4) is 0 Å². The second-order valence-electron chi connectivity index (χ2n) is 1.41. The molecule has 0 aromatic carbocycles. The second kappa shape index (κ2) is 2.64. The molecule has 0 fully saturated rings. The van der Waals surface area contributed by atoms with Gasteiger partial charge in [-0.3, -0.25) is 0 Å². The van der Waals surface area contributed by atoms with Crippen molar-refractivity contribution in [1.82, 2.24) is 4.72 Å². The second-order valence-corrected chi connectivity index (χ2v) is 6.22. The summed E-state index contributed by atoms with van der Waals surface area (Å²) in [6.45, 7) is 0. The zero-order valence-corrected chi connectivity index (χ0v) is 6.65. The van der Waals surface area contributed by atoms with Crippen LogP contribution < -0.4 is 15.6 Å². The van der Waals surface area contributed by atoms with Gasteiger partial charge in [0.15, 0.2) is 0 Å². The van der Waals surface area contributed by atoms with E-state index in [0.717, 1.165) is 4.72 Å². The number of nitrogens with one attached hydrogen (secondary N) is 1. The molecule has 10 heteroatoms. The van der Waals surface area contributed by atoms with E-state index >= 15 is 0 Å². The fraction of sp³-hybridized carbons (Fsp3) is 0. The molecular weight excluding hydrogens is 198 g/mol. The van der Waals surface area contributed by atoms with Gasteiger partial charge in [-0.25, -0.2) is 14.7 Å². The molecule has 2 amide bonds. The molecule has 11 heavy (non-hydrogen) atoms. The van der Waals surface area contributed by atoms with Crippen molar-refractivity contribution >= 4 is 24.1 Å². The first-order valence-corrected chi connectivity index (χ1v) is 5.56. The summed E-state index contributed by atoms with van der Waals surface area (Å²) >= 11 is 0. The van der Waals surface area contributed by atoms with E-state index in [-0.39, 0.29) is 0 Å². The molecule has 0 aliphatic rings. The Bertz CT molecular complexity index is 349. The quantitative estimate of drug-likeness (QED) is 0.414. The molecule has 0 saturated carbocycles. The van der Waals surface area contributed by atoms with E-state index in [0.29, 0.717) is 0 Å². The number of hydrogen-bond acceptors (Lipinski definition) is 5. The molecule has 0 bridgehead atoms. The first-order valence-electron chi connectivity index (χ1n) is 2.02. The molecule has 0 radical (unpaired) electrons. The van der Waals surface area contributed by atoms with Gasteiger partial charge in [0.1, 0.15) is 0 Å². The fourth-order valence-electron chi connectivity index (χ4n) is 0.181. The van der Waals surface area contributed by atoms with Gasteiger partial charge in [0.2, 0.25) is 0 Å². The third kappa shape index (κ3) is 2.69. The van der Waals surface area contributed by atoms with Crippen molar-refractivity contribution in [3.63, 3.8) is 0 Å². The highest BCUT2D eigenvalue weighted by molar-refractivity contribution is 8.65. The van der Waals surface area contributed by atoms with Gasteiger partial charge in [0.05, 0.1) is 0 Å². The standard InChI is InChI=1S/CH5N3O5S2/c2-1(5)4-11(8,9)10(3,6)7/h(H3,2,4,5)(H2,3,6,7). The SMILES string of the molecule is NC(=O)NS(=O)(=O)S(N)(=O)=O. The highest BCUT2D eigenvalue weighted by atomic mass is 33.2. The molecule has 0 heterocycles. The summed E-state index contributed by atoms with van der Waals surface area (Å²) in [6.07, 6.45) is 0. The lowest BCUT2D eigenvalue weighted by atomic mass is 11.2. The van der Waals surface area contributed by atoms with Crippen LogP contribution >= 0.6 is 0 Å².